The summed E-state index contributed by atoms with van der Waals surface area (Å²) < 4.78 is 2.63. The first kappa shape index (κ1) is 10.9. The summed E-state index contributed by atoms with van der Waals surface area (Å²) in [6.45, 7) is 0. The molecule has 0 aromatic carbocycles. The number of hydrogen-bond donors (Lipinski definition) is 1. The van der Waals surface area contributed by atoms with Gasteiger partial charge in [0.05, 0.1) is 0 Å². The van der Waals surface area contributed by atoms with Crippen molar-refractivity contribution in [2.75, 3.05) is 5.32 Å². The van der Waals surface area contributed by atoms with Crippen molar-refractivity contribution in [1.29, 1.82) is 0 Å². The molecule has 0 spiro atoms. The molecule has 0 saturated heterocycles. The zero-order valence-electron chi connectivity index (χ0n) is 8.64. The van der Waals surface area contributed by atoms with Gasteiger partial charge in [-0.3, -0.25) is 4.79 Å². The Hall–Kier alpha value is -1.62. The fourth-order valence-electron chi connectivity index (χ4n) is 1.37. The van der Waals surface area contributed by atoms with E-state index in [1.54, 1.807) is 29.0 Å². The van der Waals surface area contributed by atoms with Crippen LogP contribution in [0.1, 0.15) is 10.5 Å². The summed E-state index contributed by atoms with van der Waals surface area (Å²) in [4.78, 5) is 15.9. The van der Waals surface area contributed by atoms with Crippen LogP contribution in [0.3, 0.4) is 0 Å². The predicted molar refractivity (Wildman–Crippen MR) is 65.3 cm³/mol. The number of anilines is 1. The molecule has 4 nitrogen and oxygen atoms in total. The van der Waals surface area contributed by atoms with Crippen LogP contribution in [0.4, 0.5) is 5.82 Å². The van der Waals surface area contributed by atoms with Crippen molar-refractivity contribution >= 4 is 27.7 Å². The second kappa shape index (κ2) is 4.49. The van der Waals surface area contributed by atoms with Crippen LogP contribution in [0.2, 0.25) is 0 Å². The van der Waals surface area contributed by atoms with Crippen molar-refractivity contribution in [3.63, 3.8) is 0 Å². The average molecular weight is 280 g/mol. The SMILES string of the molecule is Cn1cc(Br)cc1C(=O)Nc1ccccn1. The molecule has 0 fully saturated rings. The van der Waals surface area contributed by atoms with Crippen molar-refractivity contribution in [3.8, 4) is 0 Å². The topological polar surface area (TPSA) is 46.9 Å². The van der Waals surface area contributed by atoms with Gasteiger partial charge < -0.3 is 9.88 Å². The summed E-state index contributed by atoms with van der Waals surface area (Å²) in [6, 6.07) is 7.13. The van der Waals surface area contributed by atoms with Gasteiger partial charge in [0.1, 0.15) is 11.5 Å². The number of nitrogens with one attached hydrogen (secondary N) is 1. The van der Waals surface area contributed by atoms with Gasteiger partial charge in [0.15, 0.2) is 0 Å². The predicted octanol–water partition coefficient (Wildman–Crippen LogP) is 2.43. The number of aryl methyl sites for hydroxylation is 1. The summed E-state index contributed by atoms with van der Waals surface area (Å²) >= 11 is 3.32. The van der Waals surface area contributed by atoms with Crippen molar-refractivity contribution in [1.82, 2.24) is 9.55 Å². The molecule has 0 saturated carbocycles. The van der Waals surface area contributed by atoms with E-state index >= 15 is 0 Å². The Morgan fingerprint density at radius 3 is 2.88 bits per heavy atom. The van der Waals surface area contributed by atoms with E-state index in [0.29, 0.717) is 11.5 Å². The number of nitrogens with zero attached hydrogens (tertiary/aromatic N) is 2. The highest BCUT2D eigenvalue weighted by Crippen LogP contribution is 2.14. The number of amides is 1. The third-order valence-corrected chi connectivity index (χ3v) is 2.54. The van der Waals surface area contributed by atoms with Crippen LogP contribution in [0.5, 0.6) is 0 Å². The maximum absolute atomic E-state index is 11.9. The molecular formula is C11H10BrN3O. The molecule has 16 heavy (non-hydrogen) atoms. The lowest BCUT2D eigenvalue weighted by Crippen LogP contribution is -2.15. The molecule has 1 N–H and O–H groups in total. The summed E-state index contributed by atoms with van der Waals surface area (Å²) in [7, 11) is 1.82. The number of hydrogen-bond acceptors (Lipinski definition) is 2. The molecule has 5 heteroatoms. The molecule has 0 aliphatic heterocycles. The molecule has 0 bridgehead atoms. The molecule has 0 atom stereocenters. The first-order valence-electron chi connectivity index (χ1n) is 4.71. The van der Waals surface area contributed by atoms with Gasteiger partial charge in [-0.25, -0.2) is 4.98 Å². The van der Waals surface area contributed by atoms with Gasteiger partial charge in [-0.2, -0.15) is 0 Å². The van der Waals surface area contributed by atoms with Crippen molar-refractivity contribution in [2.24, 2.45) is 7.05 Å². The average Bonchev–Trinajstić information content (AvgIpc) is 2.59. The molecule has 1 amide bonds. The first-order chi connectivity index (χ1) is 7.66. The van der Waals surface area contributed by atoms with Crippen molar-refractivity contribution < 1.29 is 4.79 Å². The van der Waals surface area contributed by atoms with Gasteiger partial charge in [0.2, 0.25) is 0 Å². The van der Waals surface area contributed by atoms with Crippen LogP contribution >= 0.6 is 15.9 Å². The van der Waals surface area contributed by atoms with Crippen LogP contribution in [0, 0.1) is 0 Å². The molecule has 0 unspecified atom stereocenters. The number of carbonyl (C=O) groups is 1. The fourth-order valence-corrected chi connectivity index (χ4v) is 1.89. The molecule has 2 aromatic rings. The van der Waals surface area contributed by atoms with E-state index in [1.165, 1.54) is 0 Å². The normalized spacial score (nSPS) is 10.1. The van der Waals surface area contributed by atoms with Crippen LogP contribution in [0.15, 0.2) is 41.1 Å². The summed E-state index contributed by atoms with van der Waals surface area (Å²) in [6.07, 6.45) is 3.46. The van der Waals surface area contributed by atoms with Gasteiger partial charge in [0, 0.05) is 23.9 Å². The van der Waals surface area contributed by atoms with Crippen LogP contribution in [-0.4, -0.2) is 15.5 Å². The lowest BCUT2D eigenvalue weighted by Gasteiger charge is -2.04. The number of halogens is 1. The third-order valence-electron chi connectivity index (χ3n) is 2.11. The van der Waals surface area contributed by atoms with E-state index in [0.717, 1.165) is 4.47 Å². The Morgan fingerprint density at radius 2 is 2.31 bits per heavy atom. The summed E-state index contributed by atoms with van der Waals surface area (Å²) in [5.41, 5.74) is 0.581. The van der Waals surface area contributed by atoms with Crippen molar-refractivity contribution in [3.05, 3.63) is 46.8 Å². The van der Waals surface area contributed by atoms with E-state index in [4.69, 9.17) is 0 Å². The quantitative estimate of drug-likeness (QED) is 0.918. The van der Waals surface area contributed by atoms with Gasteiger partial charge in [-0.1, -0.05) is 6.07 Å². The lowest BCUT2D eigenvalue weighted by molar-refractivity contribution is 0.101. The third kappa shape index (κ3) is 2.30. The highest BCUT2D eigenvalue weighted by molar-refractivity contribution is 9.10. The lowest BCUT2D eigenvalue weighted by atomic mass is 10.4. The highest BCUT2D eigenvalue weighted by Gasteiger charge is 2.11. The van der Waals surface area contributed by atoms with E-state index in [2.05, 4.69) is 26.2 Å². The minimum Gasteiger partial charge on any atom is -0.345 e. The van der Waals surface area contributed by atoms with Gasteiger partial charge in [0.25, 0.3) is 5.91 Å². The highest BCUT2D eigenvalue weighted by atomic mass is 79.9. The van der Waals surface area contributed by atoms with E-state index in [-0.39, 0.29) is 5.91 Å². The summed E-state index contributed by atoms with van der Waals surface area (Å²) in [5.74, 6) is 0.372. The minimum atomic E-state index is -0.174. The first-order valence-corrected chi connectivity index (χ1v) is 5.50. The van der Waals surface area contributed by atoms with Crippen LogP contribution < -0.4 is 5.32 Å². The van der Waals surface area contributed by atoms with Crippen LogP contribution in [-0.2, 0) is 7.05 Å². The summed E-state index contributed by atoms with van der Waals surface area (Å²) in [5, 5.41) is 2.72. The monoisotopic (exact) mass is 279 g/mol. The fraction of sp³-hybridized carbons (Fsp3) is 0.0909. The molecule has 2 rings (SSSR count). The molecule has 0 radical (unpaired) electrons. The molecule has 2 aromatic heterocycles. The Bertz CT molecular complexity index is 507. The second-order valence-corrected chi connectivity index (χ2v) is 4.24. The van der Waals surface area contributed by atoms with Gasteiger partial charge in [-0.05, 0) is 34.1 Å². The van der Waals surface area contributed by atoms with E-state index in [9.17, 15) is 4.79 Å². The Morgan fingerprint density at radius 1 is 1.50 bits per heavy atom. The van der Waals surface area contributed by atoms with Crippen molar-refractivity contribution in [2.45, 2.75) is 0 Å². The molecule has 2 heterocycles. The Kier molecular flexibility index (Phi) is 3.05. The number of carbonyl (C=O) groups excluding carboxylic acids is 1. The Labute approximate surface area is 101 Å². The zero-order chi connectivity index (χ0) is 11.5. The van der Waals surface area contributed by atoms with E-state index in [1.807, 2.05) is 19.3 Å². The minimum absolute atomic E-state index is 0.174. The molecule has 0 aliphatic carbocycles. The molecule has 82 valence electrons. The standard InChI is InChI=1S/C11H10BrN3O/c1-15-7-8(12)6-9(15)11(16)14-10-4-2-3-5-13-10/h2-7H,1H3,(H,13,14,16). The zero-order valence-corrected chi connectivity index (χ0v) is 10.2. The number of pyridine rings is 1. The Balaban J connectivity index is 2.18. The smallest absolute Gasteiger partial charge is 0.273 e. The van der Waals surface area contributed by atoms with Gasteiger partial charge >= 0.3 is 0 Å². The molecular weight excluding hydrogens is 270 g/mol. The van der Waals surface area contributed by atoms with E-state index < -0.39 is 0 Å². The number of rotatable bonds is 2. The largest absolute Gasteiger partial charge is 0.345 e. The maximum Gasteiger partial charge on any atom is 0.273 e. The molecule has 0 aliphatic rings. The van der Waals surface area contributed by atoms with Gasteiger partial charge in [-0.15, -0.1) is 0 Å². The second-order valence-electron chi connectivity index (χ2n) is 3.32. The van der Waals surface area contributed by atoms with Crippen LogP contribution in [0.25, 0.3) is 0 Å². The maximum atomic E-state index is 11.9. The number of aromatic nitrogens is 2.